The Hall–Kier alpha value is -4.26. The molecule has 35 heavy (non-hydrogen) atoms. The second-order valence-electron chi connectivity index (χ2n) is 7.61. The van der Waals surface area contributed by atoms with Crippen molar-refractivity contribution in [1.29, 1.82) is 0 Å². The summed E-state index contributed by atoms with van der Waals surface area (Å²) in [4.78, 5) is 29.5. The number of benzene rings is 2. The smallest absolute Gasteiger partial charge is 0.432 e. The van der Waals surface area contributed by atoms with Gasteiger partial charge in [-0.05, 0) is 49.2 Å². The number of anilines is 1. The van der Waals surface area contributed by atoms with Crippen molar-refractivity contribution in [2.24, 2.45) is 0 Å². The van der Waals surface area contributed by atoms with Gasteiger partial charge in [0.2, 0.25) is 5.91 Å². The van der Waals surface area contributed by atoms with Gasteiger partial charge in [0.1, 0.15) is 17.3 Å². The fourth-order valence-electron chi connectivity index (χ4n) is 3.04. The first-order valence-corrected chi connectivity index (χ1v) is 10.7. The Morgan fingerprint density at radius 3 is 2.66 bits per heavy atom. The van der Waals surface area contributed by atoms with Gasteiger partial charge in [-0.2, -0.15) is 13.2 Å². The summed E-state index contributed by atoms with van der Waals surface area (Å²) in [6.07, 6.45) is -3.35. The van der Waals surface area contributed by atoms with Crippen LogP contribution in [0.5, 0.6) is 5.75 Å². The Bertz CT molecular complexity index is 1270. The second-order valence-corrected chi connectivity index (χ2v) is 7.61. The first-order chi connectivity index (χ1) is 16.6. The number of nitrogens with one attached hydrogen (secondary N) is 3. The number of rotatable bonds is 7. The molecule has 0 saturated carbocycles. The zero-order chi connectivity index (χ0) is 25.4. The fraction of sp³-hybridized carbons (Fsp3) is 0.240. The lowest BCUT2D eigenvalue weighted by atomic mass is 10.1. The molecule has 0 bridgehead atoms. The van der Waals surface area contributed by atoms with Crippen molar-refractivity contribution >= 4 is 17.5 Å². The van der Waals surface area contributed by atoms with Crippen LogP contribution in [0, 0.1) is 18.8 Å². The van der Waals surface area contributed by atoms with Crippen LogP contribution in [0.3, 0.4) is 0 Å². The van der Waals surface area contributed by atoms with Crippen LogP contribution >= 0.6 is 0 Å². The van der Waals surface area contributed by atoms with Crippen LogP contribution in [-0.2, 0) is 15.8 Å². The normalized spacial score (nSPS) is 10.8. The fourth-order valence-corrected chi connectivity index (χ4v) is 3.04. The summed E-state index contributed by atoms with van der Waals surface area (Å²) in [5.74, 6) is 4.77. The lowest BCUT2D eigenvalue weighted by molar-refractivity contribution is -0.140. The first-order valence-electron chi connectivity index (χ1n) is 10.7. The Kier molecular flexibility index (Phi) is 8.15. The molecule has 182 valence electrons. The van der Waals surface area contributed by atoms with Crippen LogP contribution in [0.15, 0.2) is 48.7 Å². The molecule has 2 amide bonds. The van der Waals surface area contributed by atoms with Crippen LogP contribution in [-0.4, -0.2) is 34.9 Å². The molecule has 1 heterocycles. The van der Waals surface area contributed by atoms with Crippen LogP contribution in [0.25, 0.3) is 11.4 Å². The first kappa shape index (κ1) is 25.4. The number of carbonyl (C=O) groups is 2. The van der Waals surface area contributed by atoms with Gasteiger partial charge in [0.05, 0.1) is 18.5 Å². The number of carbonyl (C=O) groups excluding carboxylic acids is 2. The van der Waals surface area contributed by atoms with E-state index < -0.39 is 17.8 Å². The summed E-state index contributed by atoms with van der Waals surface area (Å²) in [7, 11) is 0. The largest absolute Gasteiger partial charge is 0.491 e. The highest BCUT2D eigenvalue weighted by atomic mass is 19.4. The van der Waals surface area contributed by atoms with Crippen LogP contribution in [0.4, 0.5) is 18.9 Å². The van der Waals surface area contributed by atoms with Crippen LogP contribution in [0.1, 0.15) is 30.2 Å². The molecular weight excluding hydrogens is 461 g/mol. The molecule has 3 N–H and O–H groups in total. The van der Waals surface area contributed by atoms with Gasteiger partial charge in [0, 0.05) is 30.5 Å². The molecule has 0 atom stereocenters. The Labute approximate surface area is 200 Å². The Morgan fingerprint density at radius 2 is 1.97 bits per heavy atom. The van der Waals surface area contributed by atoms with E-state index in [-0.39, 0.29) is 24.0 Å². The van der Waals surface area contributed by atoms with E-state index in [1.165, 1.54) is 25.1 Å². The molecule has 0 aliphatic heterocycles. The second kappa shape index (κ2) is 11.2. The van der Waals surface area contributed by atoms with Crippen molar-refractivity contribution in [2.45, 2.75) is 26.4 Å². The number of aromatic nitrogens is 2. The maximum absolute atomic E-state index is 12.9. The van der Waals surface area contributed by atoms with Crippen molar-refractivity contribution in [1.82, 2.24) is 15.3 Å². The molecule has 2 aromatic carbocycles. The number of amides is 2. The number of H-pyrrole nitrogens is 1. The maximum Gasteiger partial charge on any atom is 0.432 e. The monoisotopic (exact) mass is 484 g/mol. The quantitative estimate of drug-likeness (QED) is 0.344. The lowest BCUT2D eigenvalue weighted by Gasteiger charge is -2.13. The van der Waals surface area contributed by atoms with E-state index in [1.807, 2.05) is 25.1 Å². The highest BCUT2D eigenvalue weighted by molar-refractivity contribution is 6.05. The average Bonchev–Trinajstić information content (AvgIpc) is 3.29. The third kappa shape index (κ3) is 7.64. The van der Waals surface area contributed by atoms with E-state index in [0.29, 0.717) is 36.0 Å². The third-order valence-corrected chi connectivity index (χ3v) is 4.67. The van der Waals surface area contributed by atoms with Gasteiger partial charge in [-0.15, -0.1) is 0 Å². The molecule has 10 heteroatoms. The number of imidazole rings is 1. The van der Waals surface area contributed by atoms with Gasteiger partial charge in [-0.1, -0.05) is 18.1 Å². The third-order valence-electron chi connectivity index (χ3n) is 4.67. The SMILES string of the molecule is CC(=O)NCCCOc1ccc(-c2ncc(C(F)(F)F)[nH]2)cc1NC(=O)C#Cc1cccc(C)c1. The zero-order valence-electron chi connectivity index (χ0n) is 19.0. The van der Waals surface area contributed by atoms with Gasteiger partial charge in [0.25, 0.3) is 0 Å². The molecule has 1 aromatic heterocycles. The molecule has 7 nitrogen and oxygen atoms in total. The molecule has 0 radical (unpaired) electrons. The predicted octanol–water partition coefficient (Wildman–Crippen LogP) is 4.30. The summed E-state index contributed by atoms with van der Waals surface area (Å²) >= 11 is 0. The number of alkyl halides is 3. The van der Waals surface area contributed by atoms with Gasteiger partial charge in [-0.25, -0.2) is 4.98 Å². The molecule has 0 aliphatic carbocycles. The predicted molar refractivity (Wildman–Crippen MR) is 125 cm³/mol. The van der Waals surface area contributed by atoms with E-state index in [1.54, 1.807) is 6.07 Å². The van der Waals surface area contributed by atoms with Crippen LogP contribution in [0.2, 0.25) is 0 Å². The summed E-state index contributed by atoms with van der Waals surface area (Å²) in [6, 6.07) is 11.8. The zero-order valence-corrected chi connectivity index (χ0v) is 19.0. The molecule has 0 aliphatic rings. The molecular formula is C25H23F3N4O3. The number of hydrogen-bond acceptors (Lipinski definition) is 4. The van der Waals surface area contributed by atoms with E-state index in [2.05, 4.69) is 32.4 Å². The van der Waals surface area contributed by atoms with Crippen molar-refractivity contribution in [3.8, 4) is 29.0 Å². The minimum Gasteiger partial charge on any atom is -0.491 e. The van der Waals surface area contributed by atoms with Crippen LogP contribution < -0.4 is 15.4 Å². The van der Waals surface area contributed by atoms with Crippen molar-refractivity contribution in [3.63, 3.8) is 0 Å². The number of halogens is 3. The van der Waals surface area contributed by atoms with E-state index in [9.17, 15) is 22.8 Å². The number of aromatic amines is 1. The standard InChI is InChI=1S/C25H23F3N4O3/c1-16-5-3-6-18(13-16)7-10-23(34)31-20-14-19(24-30-15-22(32-24)25(26,27)28)8-9-21(20)35-12-4-11-29-17(2)33/h3,5-6,8-9,13-15H,4,11-12H2,1-2H3,(H,29,33)(H,30,32)(H,31,34). The molecule has 0 fully saturated rings. The lowest BCUT2D eigenvalue weighted by Crippen LogP contribution is -2.22. The molecule has 0 unspecified atom stereocenters. The van der Waals surface area contributed by atoms with Gasteiger partial charge < -0.3 is 20.4 Å². The maximum atomic E-state index is 12.9. The summed E-state index contributed by atoms with van der Waals surface area (Å²) in [5, 5.41) is 5.28. The summed E-state index contributed by atoms with van der Waals surface area (Å²) < 4.78 is 44.6. The number of hydrogen-bond donors (Lipinski definition) is 3. The van der Waals surface area contributed by atoms with Crippen molar-refractivity contribution in [3.05, 3.63) is 65.5 Å². The minimum absolute atomic E-state index is 0.0177. The molecule has 0 saturated heterocycles. The van der Waals surface area contributed by atoms with Gasteiger partial charge in [0.15, 0.2) is 0 Å². The Morgan fingerprint density at radius 1 is 1.17 bits per heavy atom. The highest BCUT2D eigenvalue weighted by Crippen LogP contribution is 2.32. The van der Waals surface area contributed by atoms with Gasteiger partial charge >= 0.3 is 12.1 Å². The molecule has 3 aromatic rings. The number of ether oxygens (including phenoxy) is 1. The van der Waals surface area contributed by atoms with Gasteiger partial charge in [-0.3, -0.25) is 9.59 Å². The van der Waals surface area contributed by atoms with Crippen molar-refractivity contribution in [2.75, 3.05) is 18.5 Å². The van der Waals surface area contributed by atoms with E-state index >= 15 is 0 Å². The topological polar surface area (TPSA) is 96.1 Å². The Balaban J connectivity index is 1.81. The number of aryl methyl sites for hydroxylation is 1. The average molecular weight is 484 g/mol. The molecule has 0 spiro atoms. The summed E-state index contributed by atoms with van der Waals surface area (Å²) in [6.45, 7) is 3.95. The minimum atomic E-state index is -4.56. The molecule has 3 rings (SSSR count). The number of nitrogens with zero attached hydrogens (tertiary/aromatic N) is 1. The summed E-state index contributed by atoms with van der Waals surface area (Å²) in [5.41, 5.74) is 1.21. The van der Waals surface area contributed by atoms with E-state index in [4.69, 9.17) is 4.74 Å². The van der Waals surface area contributed by atoms with Crippen molar-refractivity contribution < 1.29 is 27.5 Å². The highest BCUT2D eigenvalue weighted by Gasteiger charge is 2.33. The van der Waals surface area contributed by atoms with E-state index in [0.717, 1.165) is 5.56 Å².